The first-order valence-corrected chi connectivity index (χ1v) is 9.86. The quantitative estimate of drug-likeness (QED) is 0.518. The van der Waals surface area contributed by atoms with Crippen molar-refractivity contribution in [2.75, 3.05) is 18.7 Å². The smallest absolute Gasteiger partial charge is 0.231 e. The number of hydrogen-bond acceptors (Lipinski definition) is 5. The first-order chi connectivity index (χ1) is 14.2. The fourth-order valence-corrected chi connectivity index (χ4v) is 3.25. The molecule has 0 radical (unpaired) electrons. The van der Waals surface area contributed by atoms with Gasteiger partial charge in [-0.15, -0.1) is 0 Å². The van der Waals surface area contributed by atoms with Crippen molar-refractivity contribution in [2.45, 2.75) is 20.1 Å². The summed E-state index contributed by atoms with van der Waals surface area (Å²) < 4.78 is 22.5. The van der Waals surface area contributed by atoms with Crippen molar-refractivity contribution in [3.8, 4) is 23.0 Å². The van der Waals surface area contributed by atoms with Crippen LogP contribution >= 0.6 is 11.6 Å². The van der Waals surface area contributed by atoms with Crippen LogP contribution < -0.4 is 24.3 Å². The summed E-state index contributed by atoms with van der Waals surface area (Å²) in [5, 5.41) is 3.98. The Hall–Kier alpha value is -3.05. The maximum atomic E-state index is 6.52. The van der Waals surface area contributed by atoms with E-state index in [1.54, 1.807) is 0 Å². The maximum absolute atomic E-state index is 6.52. The third-order valence-electron chi connectivity index (χ3n) is 4.51. The Kier molecular flexibility index (Phi) is 5.96. The number of benzene rings is 3. The molecular formula is C23H22ClNO4. The Balaban J connectivity index is 1.47. The second-order valence-electron chi connectivity index (χ2n) is 6.52. The van der Waals surface area contributed by atoms with Gasteiger partial charge in [0.25, 0.3) is 0 Å². The van der Waals surface area contributed by atoms with Gasteiger partial charge in [0.1, 0.15) is 6.61 Å². The predicted molar refractivity (Wildman–Crippen MR) is 113 cm³/mol. The predicted octanol–water partition coefficient (Wildman–Crippen LogP) is 5.66. The molecule has 1 aliphatic rings. The standard InChI is InChI=1S/C23H22ClNO4/c1-2-26-21-10-17(13-25-18-8-9-20-22(11-18)29-15-28-20)19(24)12-23(21)27-14-16-6-4-3-5-7-16/h3-12,25H,2,13-15H2,1H3. The van der Waals surface area contributed by atoms with Crippen LogP contribution in [0.3, 0.4) is 0 Å². The molecule has 3 aromatic carbocycles. The highest BCUT2D eigenvalue weighted by Gasteiger charge is 2.14. The van der Waals surface area contributed by atoms with Crippen LogP contribution in [-0.4, -0.2) is 13.4 Å². The molecule has 0 amide bonds. The van der Waals surface area contributed by atoms with Crippen LogP contribution in [-0.2, 0) is 13.2 Å². The second kappa shape index (κ2) is 8.97. The largest absolute Gasteiger partial charge is 0.490 e. The number of fused-ring (bicyclic) bond motifs is 1. The molecular weight excluding hydrogens is 390 g/mol. The molecule has 0 aromatic heterocycles. The zero-order valence-electron chi connectivity index (χ0n) is 16.1. The van der Waals surface area contributed by atoms with Crippen LogP contribution in [0.25, 0.3) is 0 Å². The van der Waals surface area contributed by atoms with Gasteiger partial charge in [0.15, 0.2) is 23.0 Å². The average Bonchev–Trinajstić information content (AvgIpc) is 3.21. The van der Waals surface area contributed by atoms with Crippen LogP contribution in [0.4, 0.5) is 5.69 Å². The average molecular weight is 412 g/mol. The summed E-state index contributed by atoms with van der Waals surface area (Å²) in [6.45, 7) is 3.73. The highest BCUT2D eigenvalue weighted by atomic mass is 35.5. The van der Waals surface area contributed by atoms with Gasteiger partial charge in [-0.05, 0) is 36.2 Å². The molecule has 0 saturated carbocycles. The molecule has 3 aromatic rings. The molecule has 5 nitrogen and oxygen atoms in total. The van der Waals surface area contributed by atoms with Gasteiger partial charge in [-0.25, -0.2) is 0 Å². The van der Waals surface area contributed by atoms with Crippen LogP contribution in [0.2, 0.25) is 5.02 Å². The molecule has 29 heavy (non-hydrogen) atoms. The monoisotopic (exact) mass is 411 g/mol. The topological polar surface area (TPSA) is 49.0 Å². The van der Waals surface area contributed by atoms with E-state index in [1.165, 1.54) is 0 Å². The van der Waals surface area contributed by atoms with E-state index in [4.69, 9.17) is 30.5 Å². The minimum Gasteiger partial charge on any atom is -0.490 e. The van der Waals surface area contributed by atoms with Crippen molar-refractivity contribution in [3.63, 3.8) is 0 Å². The molecule has 0 saturated heterocycles. The van der Waals surface area contributed by atoms with E-state index in [9.17, 15) is 0 Å². The molecule has 6 heteroatoms. The number of hydrogen-bond donors (Lipinski definition) is 1. The molecule has 0 bridgehead atoms. The number of rotatable bonds is 8. The van der Waals surface area contributed by atoms with Crippen molar-refractivity contribution in [2.24, 2.45) is 0 Å². The van der Waals surface area contributed by atoms with Gasteiger partial charge in [0, 0.05) is 29.4 Å². The minimum absolute atomic E-state index is 0.257. The lowest BCUT2D eigenvalue weighted by atomic mass is 10.2. The van der Waals surface area contributed by atoms with Gasteiger partial charge >= 0.3 is 0 Å². The summed E-state index contributed by atoms with van der Waals surface area (Å²) in [5.74, 6) is 2.80. The highest BCUT2D eigenvalue weighted by molar-refractivity contribution is 6.31. The van der Waals surface area contributed by atoms with Crippen molar-refractivity contribution in [1.82, 2.24) is 0 Å². The van der Waals surface area contributed by atoms with E-state index in [-0.39, 0.29) is 6.79 Å². The molecule has 0 aliphatic carbocycles. The Labute approximate surface area is 175 Å². The van der Waals surface area contributed by atoms with E-state index in [1.807, 2.05) is 67.6 Å². The summed E-state index contributed by atoms with van der Waals surface area (Å²) in [6.07, 6.45) is 0. The van der Waals surface area contributed by atoms with Crippen molar-refractivity contribution >= 4 is 17.3 Å². The lowest BCUT2D eigenvalue weighted by Gasteiger charge is -2.16. The zero-order chi connectivity index (χ0) is 20.1. The molecule has 4 rings (SSSR count). The minimum atomic E-state index is 0.257. The third kappa shape index (κ3) is 4.69. The SMILES string of the molecule is CCOc1cc(CNc2ccc3c(c2)OCO3)c(Cl)cc1OCc1ccccc1. The normalized spacial score (nSPS) is 11.9. The van der Waals surface area contributed by atoms with Gasteiger partial charge in [-0.2, -0.15) is 0 Å². The molecule has 0 unspecified atom stereocenters. The highest BCUT2D eigenvalue weighted by Crippen LogP contribution is 2.36. The number of halogens is 1. The van der Waals surface area contributed by atoms with Crippen LogP contribution in [0, 0.1) is 0 Å². The van der Waals surface area contributed by atoms with Crippen molar-refractivity contribution < 1.29 is 18.9 Å². The summed E-state index contributed by atoms with van der Waals surface area (Å²) in [6, 6.07) is 19.5. The maximum Gasteiger partial charge on any atom is 0.231 e. The third-order valence-corrected chi connectivity index (χ3v) is 4.86. The van der Waals surface area contributed by atoms with Gasteiger partial charge < -0.3 is 24.3 Å². The Morgan fingerprint density at radius 3 is 2.55 bits per heavy atom. The number of anilines is 1. The van der Waals surface area contributed by atoms with Gasteiger partial charge in [0.05, 0.1) is 6.61 Å². The summed E-state index contributed by atoms with van der Waals surface area (Å²) in [4.78, 5) is 0. The van der Waals surface area contributed by atoms with Crippen molar-refractivity contribution in [3.05, 3.63) is 76.8 Å². The van der Waals surface area contributed by atoms with Gasteiger partial charge in [-0.1, -0.05) is 41.9 Å². The first-order valence-electron chi connectivity index (χ1n) is 9.48. The molecule has 1 aliphatic heterocycles. The van der Waals surface area contributed by atoms with Crippen molar-refractivity contribution in [1.29, 1.82) is 0 Å². The first kappa shape index (κ1) is 19.3. The Morgan fingerprint density at radius 2 is 1.72 bits per heavy atom. The number of ether oxygens (including phenoxy) is 4. The van der Waals surface area contributed by atoms with Crippen LogP contribution in [0.1, 0.15) is 18.1 Å². The molecule has 150 valence electrons. The summed E-state index contributed by atoms with van der Waals surface area (Å²) >= 11 is 6.52. The van der Waals surface area contributed by atoms with E-state index in [0.29, 0.717) is 36.3 Å². The lowest BCUT2D eigenvalue weighted by molar-refractivity contribution is 0.174. The molecule has 0 fully saturated rings. The molecule has 1 N–H and O–H groups in total. The molecule has 0 atom stereocenters. The molecule has 1 heterocycles. The lowest BCUT2D eigenvalue weighted by Crippen LogP contribution is -2.04. The van der Waals surface area contributed by atoms with Gasteiger partial charge in [-0.3, -0.25) is 0 Å². The number of nitrogens with one attached hydrogen (secondary N) is 1. The second-order valence-corrected chi connectivity index (χ2v) is 6.93. The Morgan fingerprint density at radius 1 is 0.931 bits per heavy atom. The molecule has 0 spiro atoms. The van der Waals surface area contributed by atoms with Crippen LogP contribution in [0.5, 0.6) is 23.0 Å². The van der Waals surface area contributed by atoms with E-state index in [0.717, 1.165) is 28.3 Å². The van der Waals surface area contributed by atoms with E-state index >= 15 is 0 Å². The van der Waals surface area contributed by atoms with Crippen LogP contribution in [0.15, 0.2) is 60.7 Å². The van der Waals surface area contributed by atoms with E-state index in [2.05, 4.69) is 5.32 Å². The zero-order valence-corrected chi connectivity index (χ0v) is 16.9. The summed E-state index contributed by atoms with van der Waals surface area (Å²) in [5.41, 5.74) is 2.92. The fraction of sp³-hybridized carbons (Fsp3) is 0.217. The fourth-order valence-electron chi connectivity index (χ4n) is 3.03. The Bertz CT molecular complexity index is 978. The van der Waals surface area contributed by atoms with E-state index < -0.39 is 0 Å². The summed E-state index contributed by atoms with van der Waals surface area (Å²) in [7, 11) is 0. The van der Waals surface area contributed by atoms with Gasteiger partial charge in [0.2, 0.25) is 6.79 Å².